The maximum atomic E-state index is 11.4. The van der Waals surface area contributed by atoms with Gasteiger partial charge in [0.2, 0.25) is 0 Å². The molecule has 0 spiro atoms. The lowest BCUT2D eigenvalue weighted by Gasteiger charge is -2.24. The van der Waals surface area contributed by atoms with E-state index in [4.69, 9.17) is 0 Å². The second-order valence-electron chi connectivity index (χ2n) is 4.96. The van der Waals surface area contributed by atoms with Crippen LogP contribution in [-0.2, 0) is 4.79 Å². The van der Waals surface area contributed by atoms with Gasteiger partial charge in [0, 0.05) is 6.54 Å². The second-order valence-corrected chi connectivity index (χ2v) is 4.96. The maximum absolute atomic E-state index is 11.4. The summed E-state index contributed by atoms with van der Waals surface area (Å²) < 4.78 is 0. The number of hydrogen-bond acceptors (Lipinski definition) is 4. The summed E-state index contributed by atoms with van der Waals surface area (Å²) in [6.45, 7) is 2.68. The molecule has 19 heavy (non-hydrogen) atoms. The molecule has 0 radical (unpaired) electrons. The lowest BCUT2D eigenvalue weighted by atomic mass is 10.0. The maximum Gasteiger partial charge on any atom is 0.326 e. The predicted octanol–water partition coefficient (Wildman–Crippen LogP) is 1.93. The van der Waals surface area contributed by atoms with Crippen molar-refractivity contribution in [1.82, 2.24) is 9.97 Å². The first-order chi connectivity index (χ1) is 9.16. The SMILES string of the molecule is CC1CCN(c2cnc3ccccc3n2)C1C(=O)O. The highest BCUT2D eigenvalue weighted by atomic mass is 16.4. The van der Waals surface area contributed by atoms with Gasteiger partial charge in [-0.2, -0.15) is 0 Å². The third-order valence-electron chi connectivity index (χ3n) is 3.68. The Bertz CT molecular complexity index is 629. The molecule has 0 aliphatic carbocycles. The molecule has 2 heterocycles. The molecule has 2 aromatic rings. The van der Waals surface area contributed by atoms with Crippen molar-refractivity contribution in [3.05, 3.63) is 30.5 Å². The highest BCUT2D eigenvalue weighted by Gasteiger charge is 2.37. The Kier molecular flexibility index (Phi) is 2.81. The van der Waals surface area contributed by atoms with Gasteiger partial charge in [-0.3, -0.25) is 4.98 Å². The molecule has 98 valence electrons. The average molecular weight is 257 g/mol. The number of rotatable bonds is 2. The topological polar surface area (TPSA) is 66.3 Å². The number of fused-ring (bicyclic) bond motifs is 1. The molecule has 5 nitrogen and oxygen atoms in total. The van der Waals surface area contributed by atoms with Gasteiger partial charge in [-0.1, -0.05) is 19.1 Å². The molecule has 3 rings (SSSR count). The molecule has 0 bridgehead atoms. The molecule has 1 N–H and O–H groups in total. The molecule has 0 saturated carbocycles. The van der Waals surface area contributed by atoms with Crippen molar-refractivity contribution >= 4 is 22.8 Å². The molecule has 2 atom stereocenters. The zero-order chi connectivity index (χ0) is 13.4. The van der Waals surface area contributed by atoms with Gasteiger partial charge in [-0.15, -0.1) is 0 Å². The van der Waals surface area contributed by atoms with Gasteiger partial charge in [0.1, 0.15) is 11.9 Å². The van der Waals surface area contributed by atoms with Crippen LogP contribution in [-0.4, -0.2) is 33.6 Å². The van der Waals surface area contributed by atoms with E-state index in [1.807, 2.05) is 36.1 Å². The fourth-order valence-electron chi connectivity index (χ4n) is 2.67. The molecule has 1 aliphatic heterocycles. The molecule has 5 heteroatoms. The number of aliphatic carboxylic acids is 1. The Labute approximate surface area is 110 Å². The summed E-state index contributed by atoms with van der Waals surface area (Å²) in [5, 5.41) is 9.34. The monoisotopic (exact) mass is 257 g/mol. The molecule has 1 aromatic carbocycles. The number of benzene rings is 1. The summed E-state index contributed by atoms with van der Waals surface area (Å²) >= 11 is 0. The Morgan fingerprint density at radius 3 is 2.84 bits per heavy atom. The van der Waals surface area contributed by atoms with Gasteiger partial charge in [-0.05, 0) is 24.5 Å². The zero-order valence-electron chi connectivity index (χ0n) is 10.7. The van der Waals surface area contributed by atoms with Crippen molar-refractivity contribution in [3.8, 4) is 0 Å². The second kappa shape index (κ2) is 4.50. The van der Waals surface area contributed by atoms with Gasteiger partial charge < -0.3 is 10.0 Å². The van der Waals surface area contributed by atoms with Gasteiger partial charge in [-0.25, -0.2) is 9.78 Å². The minimum absolute atomic E-state index is 0.130. The smallest absolute Gasteiger partial charge is 0.326 e. The van der Waals surface area contributed by atoms with Gasteiger partial charge in [0.05, 0.1) is 17.2 Å². The van der Waals surface area contributed by atoms with E-state index in [1.54, 1.807) is 6.20 Å². The van der Waals surface area contributed by atoms with Crippen molar-refractivity contribution in [2.45, 2.75) is 19.4 Å². The van der Waals surface area contributed by atoms with E-state index in [9.17, 15) is 9.90 Å². The zero-order valence-corrected chi connectivity index (χ0v) is 10.7. The Balaban J connectivity index is 2.01. The van der Waals surface area contributed by atoms with Crippen molar-refractivity contribution in [2.75, 3.05) is 11.4 Å². The molecule has 1 aromatic heterocycles. The summed E-state index contributed by atoms with van der Waals surface area (Å²) in [6.07, 6.45) is 2.53. The summed E-state index contributed by atoms with van der Waals surface area (Å²) in [5.74, 6) is -0.0128. The third-order valence-corrected chi connectivity index (χ3v) is 3.68. The number of aromatic nitrogens is 2. The minimum atomic E-state index is -0.792. The first-order valence-electron chi connectivity index (χ1n) is 6.38. The van der Waals surface area contributed by atoms with Crippen LogP contribution in [0.25, 0.3) is 11.0 Å². The van der Waals surface area contributed by atoms with Crippen molar-refractivity contribution in [2.24, 2.45) is 5.92 Å². The number of para-hydroxylation sites is 2. The van der Waals surface area contributed by atoms with Crippen LogP contribution in [0.2, 0.25) is 0 Å². The van der Waals surface area contributed by atoms with E-state index in [1.165, 1.54) is 0 Å². The minimum Gasteiger partial charge on any atom is -0.480 e. The number of carbonyl (C=O) groups is 1. The lowest BCUT2D eigenvalue weighted by molar-refractivity contribution is -0.139. The van der Waals surface area contributed by atoms with E-state index in [0.717, 1.165) is 17.5 Å². The fraction of sp³-hybridized carbons (Fsp3) is 0.357. The molecule has 1 fully saturated rings. The van der Waals surface area contributed by atoms with E-state index >= 15 is 0 Å². The Morgan fingerprint density at radius 2 is 2.11 bits per heavy atom. The molecular formula is C14H15N3O2. The lowest BCUT2D eigenvalue weighted by Crippen LogP contribution is -2.39. The van der Waals surface area contributed by atoms with Crippen molar-refractivity contribution in [3.63, 3.8) is 0 Å². The third kappa shape index (κ3) is 2.01. The molecular weight excluding hydrogens is 242 g/mol. The molecule has 1 aliphatic rings. The number of anilines is 1. The number of nitrogens with zero attached hydrogens (tertiary/aromatic N) is 3. The molecule has 1 saturated heterocycles. The van der Waals surface area contributed by atoms with Crippen LogP contribution in [0.15, 0.2) is 30.5 Å². The highest BCUT2D eigenvalue weighted by molar-refractivity contribution is 5.80. The van der Waals surface area contributed by atoms with Crippen LogP contribution >= 0.6 is 0 Å². The van der Waals surface area contributed by atoms with Gasteiger partial charge in [0.25, 0.3) is 0 Å². The largest absolute Gasteiger partial charge is 0.480 e. The van der Waals surface area contributed by atoms with Crippen LogP contribution in [0.3, 0.4) is 0 Å². The van der Waals surface area contributed by atoms with Crippen LogP contribution in [0, 0.1) is 5.92 Å². The van der Waals surface area contributed by atoms with Crippen LogP contribution in [0.4, 0.5) is 5.82 Å². The van der Waals surface area contributed by atoms with E-state index < -0.39 is 12.0 Å². The van der Waals surface area contributed by atoms with E-state index in [-0.39, 0.29) is 5.92 Å². The quantitative estimate of drug-likeness (QED) is 0.890. The standard InChI is InChI=1S/C14H15N3O2/c1-9-6-7-17(13(9)14(18)19)12-8-15-10-4-2-3-5-11(10)16-12/h2-5,8-9,13H,6-7H2,1H3,(H,18,19). The number of carboxylic acid groups (broad SMARTS) is 1. The van der Waals surface area contributed by atoms with Crippen LogP contribution in [0.1, 0.15) is 13.3 Å². The fourth-order valence-corrected chi connectivity index (χ4v) is 2.67. The average Bonchev–Trinajstić information content (AvgIpc) is 2.80. The van der Waals surface area contributed by atoms with Crippen LogP contribution < -0.4 is 4.90 Å². The first kappa shape index (κ1) is 11.9. The Morgan fingerprint density at radius 1 is 1.37 bits per heavy atom. The molecule has 2 unspecified atom stereocenters. The first-order valence-corrected chi connectivity index (χ1v) is 6.38. The summed E-state index contributed by atoms with van der Waals surface area (Å²) in [6, 6.07) is 7.10. The summed E-state index contributed by atoms with van der Waals surface area (Å²) in [5.41, 5.74) is 1.62. The van der Waals surface area contributed by atoms with Gasteiger partial charge >= 0.3 is 5.97 Å². The van der Waals surface area contributed by atoms with Crippen LogP contribution in [0.5, 0.6) is 0 Å². The number of carboxylic acids is 1. The highest BCUT2D eigenvalue weighted by Crippen LogP contribution is 2.29. The number of hydrogen-bond donors (Lipinski definition) is 1. The Hall–Kier alpha value is -2.17. The van der Waals surface area contributed by atoms with E-state index in [2.05, 4.69) is 9.97 Å². The van der Waals surface area contributed by atoms with E-state index in [0.29, 0.717) is 12.4 Å². The van der Waals surface area contributed by atoms with Crippen molar-refractivity contribution < 1.29 is 9.90 Å². The predicted molar refractivity (Wildman–Crippen MR) is 72.1 cm³/mol. The summed E-state index contributed by atoms with van der Waals surface area (Å²) in [4.78, 5) is 22.1. The molecule has 0 amide bonds. The normalized spacial score (nSPS) is 22.9. The summed E-state index contributed by atoms with van der Waals surface area (Å²) in [7, 11) is 0. The van der Waals surface area contributed by atoms with Gasteiger partial charge in [0.15, 0.2) is 0 Å². The van der Waals surface area contributed by atoms with Crippen molar-refractivity contribution in [1.29, 1.82) is 0 Å².